The van der Waals surface area contributed by atoms with Gasteiger partial charge < -0.3 is 10.4 Å². The van der Waals surface area contributed by atoms with Crippen LogP contribution in [0.25, 0.3) is 10.8 Å². The lowest BCUT2D eigenvalue weighted by atomic mass is 10.1. The van der Waals surface area contributed by atoms with Gasteiger partial charge in [0, 0.05) is 28.2 Å². The molecule has 0 fully saturated rings. The Morgan fingerprint density at radius 3 is 1.92 bits per heavy atom. The van der Waals surface area contributed by atoms with Gasteiger partial charge in [-0.1, -0.05) is 12.1 Å². The van der Waals surface area contributed by atoms with E-state index in [-0.39, 0.29) is 10.6 Å². The first-order valence-corrected chi connectivity index (χ1v) is 10.0. The largest absolute Gasteiger partial charge is 0.507 e. The van der Waals surface area contributed by atoms with Crippen LogP contribution in [-0.2, 0) is 20.2 Å². The number of phenolic OH excluding ortho intramolecular Hbond substituents is 1. The fourth-order valence-electron chi connectivity index (χ4n) is 2.46. The van der Waals surface area contributed by atoms with E-state index in [1.165, 1.54) is 30.3 Å². The first-order valence-electron chi connectivity index (χ1n) is 7.13. The van der Waals surface area contributed by atoms with Crippen molar-refractivity contribution >= 4 is 42.4 Å². The van der Waals surface area contributed by atoms with E-state index in [1.807, 2.05) is 0 Å². The quantitative estimate of drug-likeness (QED) is 0.494. The molecule has 0 aliphatic heterocycles. The monoisotopic (exact) mass is 395 g/mol. The summed E-state index contributed by atoms with van der Waals surface area (Å²) < 4.78 is 63.1. The third-order valence-electron chi connectivity index (χ3n) is 3.68. The lowest BCUT2D eigenvalue weighted by Gasteiger charge is -2.12. The number of hydrogen-bond acceptors (Lipinski definition) is 6. The summed E-state index contributed by atoms with van der Waals surface area (Å²) in [6.45, 7) is 0. The van der Waals surface area contributed by atoms with Gasteiger partial charge in [-0.15, -0.1) is 0 Å². The van der Waals surface area contributed by atoms with Crippen LogP contribution in [-0.4, -0.2) is 31.0 Å². The SMILES string of the molecule is O=S(=O)(O)c1ccc(Nc2cccc3c(O)cc(S(=O)(=O)O)cc23)cc1. The first kappa shape index (κ1) is 18.1. The number of fused-ring (bicyclic) bond motifs is 1. The Kier molecular flexibility index (Phi) is 4.36. The zero-order valence-electron chi connectivity index (χ0n) is 13.0. The molecular weight excluding hydrogens is 382 g/mol. The van der Waals surface area contributed by atoms with Crippen molar-refractivity contribution in [1.82, 2.24) is 0 Å². The molecule has 26 heavy (non-hydrogen) atoms. The zero-order chi connectivity index (χ0) is 19.1. The molecule has 8 nitrogen and oxygen atoms in total. The van der Waals surface area contributed by atoms with Crippen LogP contribution in [0.15, 0.2) is 64.4 Å². The van der Waals surface area contributed by atoms with Gasteiger partial charge in [0.2, 0.25) is 0 Å². The molecule has 4 N–H and O–H groups in total. The van der Waals surface area contributed by atoms with Crippen LogP contribution in [0.5, 0.6) is 5.75 Å². The number of rotatable bonds is 4. The van der Waals surface area contributed by atoms with Crippen molar-refractivity contribution in [3.8, 4) is 5.75 Å². The van der Waals surface area contributed by atoms with E-state index in [0.717, 1.165) is 6.07 Å². The van der Waals surface area contributed by atoms with Crippen LogP contribution in [0.4, 0.5) is 11.4 Å². The number of aromatic hydroxyl groups is 1. The Morgan fingerprint density at radius 1 is 0.731 bits per heavy atom. The average molecular weight is 395 g/mol. The van der Waals surface area contributed by atoms with Gasteiger partial charge in [0.25, 0.3) is 20.2 Å². The summed E-state index contributed by atoms with van der Waals surface area (Å²) in [5.74, 6) is -0.319. The van der Waals surface area contributed by atoms with Crippen molar-refractivity contribution in [2.45, 2.75) is 9.79 Å². The fraction of sp³-hybridized carbons (Fsp3) is 0. The minimum Gasteiger partial charge on any atom is -0.507 e. The summed E-state index contributed by atoms with van der Waals surface area (Å²) in [5.41, 5.74) is 0.879. The summed E-state index contributed by atoms with van der Waals surface area (Å²) in [7, 11) is -8.82. The Labute approximate surface area is 149 Å². The predicted molar refractivity (Wildman–Crippen MR) is 95.0 cm³/mol. The summed E-state index contributed by atoms with van der Waals surface area (Å²) in [6.07, 6.45) is 0. The van der Waals surface area contributed by atoms with Gasteiger partial charge in [-0.05, 0) is 36.4 Å². The summed E-state index contributed by atoms with van der Waals surface area (Å²) in [4.78, 5) is -0.731. The van der Waals surface area contributed by atoms with Gasteiger partial charge in [-0.25, -0.2) is 0 Å². The second-order valence-electron chi connectivity index (χ2n) is 5.44. The van der Waals surface area contributed by atoms with E-state index < -0.39 is 25.1 Å². The molecule has 3 rings (SSSR count). The van der Waals surface area contributed by atoms with Crippen LogP contribution in [0.2, 0.25) is 0 Å². The van der Waals surface area contributed by atoms with Crippen molar-refractivity contribution in [3.05, 3.63) is 54.6 Å². The highest BCUT2D eigenvalue weighted by atomic mass is 32.2. The molecule has 0 heterocycles. The molecule has 136 valence electrons. The predicted octanol–water partition coefficient (Wildman–Crippen LogP) is 2.78. The van der Waals surface area contributed by atoms with E-state index in [9.17, 15) is 26.5 Å². The van der Waals surface area contributed by atoms with Crippen LogP contribution < -0.4 is 5.32 Å². The molecule has 0 aromatic heterocycles. The highest BCUT2D eigenvalue weighted by Gasteiger charge is 2.15. The number of phenols is 1. The molecule has 3 aromatic rings. The topological polar surface area (TPSA) is 141 Å². The number of benzene rings is 3. The fourth-order valence-corrected chi connectivity index (χ4v) is 3.47. The van der Waals surface area contributed by atoms with Crippen LogP contribution in [0.3, 0.4) is 0 Å². The van der Waals surface area contributed by atoms with Crippen LogP contribution in [0, 0.1) is 0 Å². The Bertz CT molecular complexity index is 1200. The molecule has 0 radical (unpaired) electrons. The van der Waals surface area contributed by atoms with Crippen molar-refractivity contribution < 1.29 is 31.0 Å². The normalized spacial score (nSPS) is 12.2. The minimum atomic E-state index is -4.51. The van der Waals surface area contributed by atoms with Gasteiger partial charge in [0.1, 0.15) is 5.75 Å². The van der Waals surface area contributed by atoms with Crippen molar-refractivity contribution in [3.63, 3.8) is 0 Å². The maximum atomic E-state index is 11.4. The minimum absolute atomic E-state index is 0.271. The van der Waals surface area contributed by atoms with E-state index in [0.29, 0.717) is 22.1 Å². The van der Waals surface area contributed by atoms with Crippen molar-refractivity contribution in [1.29, 1.82) is 0 Å². The molecule has 0 amide bonds. The smallest absolute Gasteiger partial charge is 0.294 e. The van der Waals surface area contributed by atoms with Gasteiger partial charge in [-0.3, -0.25) is 9.11 Å². The number of hydrogen-bond donors (Lipinski definition) is 4. The lowest BCUT2D eigenvalue weighted by Crippen LogP contribution is -2.00. The van der Waals surface area contributed by atoms with Crippen LogP contribution >= 0.6 is 0 Å². The Morgan fingerprint density at radius 2 is 1.35 bits per heavy atom. The second kappa shape index (κ2) is 6.25. The van der Waals surface area contributed by atoms with E-state index >= 15 is 0 Å². The third-order valence-corrected chi connectivity index (χ3v) is 5.38. The average Bonchev–Trinajstić information content (AvgIpc) is 2.54. The molecule has 0 atom stereocenters. The molecule has 0 unspecified atom stereocenters. The van der Waals surface area contributed by atoms with Crippen molar-refractivity contribution in [2.24, 2.45) is 0 Å². The van der Waals surface area contributed by atoms with Crippen molar-refractivity contribution in [2.75, 3.05) is 5.32 Å². The third kappa shape index (κ3) is 3.63. The standard InChI is InChI=1S/C16H13NO7S2/c18-16-9-12(26(22,23)24)8-14-13(16)2-1-3-15(14)17-10-4-6-11(7-5-10)25(19,20)21/h1-9,17-18H,(H,19,20,21)(H,22,23,24). The van der Waals surface area contributed by atoms with Gasteiger partial charge in [0.15, 0.2) is 0 Å². The maximum Gasteiger partial charge on any atom is 0.294 e. The van der Waals surface area contributed by atoms with E-state index in [2.05, 4.69) is 5.32 Å². The molecule has 0 saturated heterocycles. The number of anilines is 2. The zero-order valence-corrected chi connectivity index (χ0v) is 14.6. The van der Waals surface area contributed by atoms with Crippen LogP contribution in [0.1, 0.15) is 0 Å². The highest BCUT2D eigenvalue weighted by molar-refractivity contribution is 7.86. The molecule has 0 aliphatic carbocycles. The number of nitrogens with one attached hydrogen (secondary N) is 1. The van der Waals surface area contributed by atoms with E-state index in [4.69, 9.17) is 4.55 Å². The molecule has 0 aliphatic rings. The summed E-state index contributed by atoms with van der Waals surface area (Å²) >= 11 is 0. The first-order chi connectivity index (χ1) is 12.1. The second-order valence-corrected chi connectivity index (χ2v) is 8.29. The summed E-state index contributed by atoms with van der Waals surface area (Å²) in [6, 6.07) is 12.2. The lowest BCUT2D eigenvalue weighted by molar-refractivity contribution is 0.471. The molecular formula is C16H13NO7S2. The molecule has 0 saturated carbocycles. The molecule has 0 spiro atoms. The van der Waals surface area contributed by atoms with Gasteiger partial charge in [-0.2, -0.15) is 16.8 Å². The maximum absolute atomic E-state index is 11.4. The molecule has 0 bridgehead atoms. The molecule has 3 aromatic carbocycles. The van der Waals surface area contributed by atoms with Gasteiger partial charge >= 0.3 is 0 Å². The van der Waals surface area contributed by atoms with E-state index in [1.54, 1.807) is 18.2 Å². The molecule has 10 heteroatoms. The Hall–Kier alpha value is -2.66. The van der Waals surface area contributed by atoms with Gasteiger partial charge in [0.05, 0.1) is 9.79 Å². The summed E-state index contributed by atoms with van der Waals surface area (Å²) in [5, 5.41) is 13.7. The highest BCUT2D eigenvalue weighted by Crippen LogP contribution is 2.34. The Balaban J connectivity index is 2.09.